The monoisotopic (exact) mass is 283 g/mol. The highest BCUT2D eigenvalue weighted by molar-refractivity contribution is 7.99. The Balaban J connectivity index is 2.05. The van der Waals surface area contributed by atoms with Gasteiger partial charge in [0.05, 0.1) is 7.11 Å². The molecule has 0 radical (unpaired) electrons. The van der Waals surface area contributed by atoms with E-state index in [0.717, 1.165) is 35.9 Å². The van der Waals surface area contributed by atoms with E-state index in [1.165, 1.54) is 0 Å². The van der Waals surface area contributed by atoms with Crippen LogP contribution in [-0.2, 0) is 6.54 Å². The zero-order valence-electron chi connectivity index (χ0n) is 11.7. The van der Waals surface area contributed by atoms with Crippen molar-refractivity contribution >= 4 is 11.8 Å². The van der Waals surface area contributed by atoms with Crippen LogP contribution in [0.25, 0.3) is 0 Å². The van der Waals surface area contributed by atoms with Gasteiger partial charge in [-0.05, 0) is 24.0 Å². The summed E-state index contributed by atoms with van der Waals surface area (Å²) in [5, 5.41) is 4.05. The number of rotatable bonds is 6. The van der Waals surface area contributed by atoms with Crippen LogP contribution >= 0.6 is 11.8 Å². The summed E-state index contributed by atoms with van der Waals surface area (Å²) in [6.45, 7) is 5.17. The third kappa shape index (κ3) is 3.70. The Bertz CT molecular complexity index is 408. The van der Waals surface area contributed by atoms with E-state index >= 15 is 0 Å². The average molecular weight is 283 g/mol. The molecule has 1 aliphatic heterocycles. The fourth-order valence-corrected chi connectivity index (χ4v) is 2.22. The molecule has 0 spiro atoms. The number of hydrogen-bond acceptors (Lipinski definition) is 5. The predicted octanol–water partition coefficient (Wildman–Crippen LogP) is 2.31. The van der Waals surface area contributed by atoms with Crippen molar-refractivity contribution in [2.75, 3.05) is 33.1 Å². The average Bonchev–Trinajstić information content (AvgIpc) is 2.46. The highest BCUT2D eigenvalue weighted by Gasteiger charge is 2.18. The number of ether oxygens (including phenoxy) is 3. The van der Waals surface area contributed by atoms with E-state index in [4.69, 9.17) is 14.2 Å². The van der Waals surface area contributed by atoms with Gasteiger partial charge in [-0.1, -0.05) is 6.92 Å². The molecule has 19 heavy (non-hydrogen) atoms. The van der Waals surface area contributed by atoms with Crippen LogP contribution in [0.1, 0.15) is 12.5 Å². The number of thioether (sulfide) groups is 1. The molecule has 0 saturated heterocycles. The minimum Gasteiger partial charge on any atom is -0.493 e. The molecule has 1 aromatic rings. The van der Waals surface area contributed by atoms with Crippen molar-refractivity contribution < 1.29 is 14.2 Å². The van der Waals surface area contributed by atoms with Crippen LogP contribution in [0.4, 0.5) is 0 Å². The lowest BCUT2D eigenvalue weighted by atomic mass is 10.1. The molecule has 2 rings (SSSR count). The molecule has 1 N–H and O–H groups in total. The minimum absolute atomic E-state index is 0.576. The molecule has 1 aromatic carbocycles. The molecule has 106 valence electrons. The second-order valence-corrected chi connectivity index (χ2v) is 5.78. The van der Waals surface area contributed by atoms with Gasteiger partial charge in [-0.3, -0.25) is 0 Å². The van der Waals surface area contributed by atoms with Gasteiger partial charge in [0, 0.05) is 18.3 Å². The number of fused-ring (bicyclic) bond motifs is 1. The lowest BCUT2D eigenvalue weighted by molar-refractivity contribution is 0.165. The Morgan fingerprint density at radius 1 is 1.37 bits per heavy atom. The van der Waals surface area contributed by atoms with Crippen LogP contribution in [0, 0.1) is 0 Å². The smallest absolute Gasteiger partial charge is 0.203 e. The summed E-state index contributed by atoms with van der Waals surface area (Å²) in [5.74, 6) is 2.24. The highest BCUT2D eigenvalue weighted by Crippen LogP contribution is 2.40. The van der Waals surface area contributed by atoms with Gasteiger partial charge in [-0.2, -0.15) is 11.8 Å². The molecule has 0 aliphatic carbocycles. The predicted molar refractivity (Wildman–Crippen MR) is 78.7 cm³/mol. The van der Waals surface area contributed by atoms with E-state index in [1.54, 1.807) is 7.11 Å². The maximum Gasteiger partial charge on any atom is 0.203 e. The number of hydrogen-bond donors (Lipinski definition) is 1. The van der Waals surface area contributed by atoms with Gasteiger partial charge in [0.25, 0.3) is 0 Å². The second-order valence-electron chi connectivity index (χ2n) is 4.50. The summed E-state index contributed by atoms with van der Waals surface area (Å²) in [7, 11) is 1.65. The van der Waals surface area contributed by atoms with Crippen molar-refractivity contribution in [1.82, 2.24) is 5.32 Å². The van der Waals surface area contributed by atoms with Gasteiger partial charge in [0.15, 0.2) is 11.5 Å². The molecular formula is C14H21NO3S. The van der Waals surface area contributed by atoms with Gasteiger partial charge in [-0.15, -0.1) is 0 Å². The molecule has 1 aliphatic rings. The van der Waals surface area contributed by atoms with Gasteiger partial charge < -0.3 is 19.5 Å². The second kappa shape index (κ2) is 6.91. The first kappa shape index (κ1) is 14.3. The van der Waals surface area contributed by atoms with Crippen LogP contribution in [0.2, 0.25) is 0 Å². The molecule has 0 fully saturated rings. The number of nitrogens with one attached hydrogen (secondary N) is 1. The van der Waals surface area contributed by atoms with Crippen LogP contribution < -0.4 is 19.5 Å². The van der Waals surface area contributed by atoms with Crippen molar-refractivity contribution in [3.05, 3.63) is 17.7 Å². The fourth-order valence-electron chi connectivity index (χ4n) is 1.93. The third-order valence-electron chi connectivity index (χ3n) is 3.05. The summed E-state index contributed by atoms with van der Waals surface area (Å²) in [6.07, 6.45) is 2.12. The largest absolute Gasteiger partial charge is 0.493 e. The standard InChI is InChI=1S/C14H21NO3S/c1-10(19-3)8-15-9-11-6-12(16-2)14-13(7-11)17-4-5-18-14/h6-7,10,15H,4-5,8-9H2,1-3H3. The van der Waals surface area contributed by atoms with E-state index in [1.807, 2.05) is 23.9 Å². The first-order valence-corrected chi connectivity index (χ1v) is 7.73. The Hall–Kier alpha value is -1.07. The highest BCUT2D eigenvalue weighted by atomic mass is 32.2. The van der Waals surface area contributed by atoms with Crippen molar-refractivity contribution in [3.63, 3.8) is 0 Å². The first-order chi connectivity index (χ1) is 9.24. The molecule has 1 atom stereocenters. The van der Waals surface area contributed by atoms with Crippen molar-refractivity contribution in [2.45, 2.75) is 18.7 Å². The fraction of sp³-hybridized carbons (Fsp3) is 0.571. The Kier molecular flexibility index (Phi) is 5.22. The summed E-state index contributed by atoms with van der Waals surface area (Å²) >= 11 is 1.86. The molecule has 0 aromatic heterocycles. The van der Waals surface area contributed by atoms with E-state index in [9.17, 15) is 0 Å². The quantitative estimate of drug-likeness (QED) is 0.867. The summed E-state index contributed by atoms with van der Waals surface area (Å²) in [6, 6.07) is 4.03. The summed E-state index contributed by atoms with van der Waals surface area (Å²) in [4.78, 5) is 0. The summed E-state index contributed by atoms with van der Waals surface area (Å²) < 4.78 is 16.6. The summed E-state index contributed by atoms with van der Waals surface area (Å²) in [5.41, 5.74) is 1.15. The number of methoxy groups -OCH3 is 1. The molecule has 1 unspecified atom stereocenters. The van der Waals surface area contributed by atoms with Crippen LogP contribution in [0.5, 0.6) is 17.2 Å². The van der Waals surface area contributed by atoms with Crippen molar-refractivity contribution in [3.8, 4) is 17.2 Å². The minimum atomic E-state index is 0.576. The van der Waals surface area contributed by atoms with Gasteiger partial charge in [0.1, 0.15) is 13.2 Å². The van der Waals surface area contributed by atoms with Gasteiger partial charge in [0.2, 0.25) is 5.75 Å². The molecule has 5 heteroatoms. The van der Waals surface area contributed by atoms with Gasteiger partial charge >= 0.3 is 0 Å². The molecule has 0 amide bonds. The lowest BCUT2D eigenvalue weighted by Crippen LogP contribution is -2.22. The van der Waals surface area contributed by atoms with Crippen LogP contribution in [0.3, 0.4) is 0 Å². The molecule has 4 nitrogen and oxygen atoms in total. The Morgan fingerprint density at radius 3 is 2.89 bits per heavy atom. The third-order valence-corrected chi connectivity index (χ3v) is 4.02. The van der Waals surface area contributed by atoms with Crippen LogP contribution in [0.15, 0.2) is 12.1 Å². The van der Waals surface area contributed by atoms with Crippen molar-refractivity contribution in [2.24, 2.45) is 0 Å². The van der Waals surface area contributed by atoms with E-state index < -0.39 is 0 Å². The maximum absolute atomic E-state index is 5.62. The Morgan fingerprint density at radius 2 is 2.16 bits per heavy atom. The topological polar surface area (TPSA) is 39.7 Å². The number of benzene rings is 1. The zero-order chi connectivity index (χ0) is 13.7. The van der Waals surface area contributed by atoms with Crippen LogP contribution in [-0.4, -0.2) is 38.4 Å². The van der Waals surface area contributed by atoms with E-state index in [0.29, 0.717) is 18.5 Å². The van der Waals surface area contributed by atoms with E-state index in [2.05, 4.69) is 18.5 Å². The Labute approximate surface area is 118 Å². The van der Waals surface area contributed by atoms with E-state index in [-0.39, 0.29) is 0 Å². The molecule has 1 heterocycles. The molecule has 0 saturated carbocycles. The SMILES string of the molecule is COc1cc(CNCC(C)SC)cc2c1OCCO2. The van der Waals surface area contributed by atoms with Gasteiger partial charge in [-0.25, -0.2) is 0 Å². The van der Waals surface area contributed by atoms with Crippen molar-refractivity contribution in [1.29, 1.82) is 0 Å². The zero-order valence-corrected chi connectivity index (χ0v) is 12.5. The maximum atomic E-state index is 5.62. The molecule has 0 bridgehead atoms. The molecular weight excluding hydrogens is 262 g/mol. The first-order valence-electron chi connectivity index (χ1n) is 6.44. The lowest BCUT2D eigenvalue weighted by Gasteiger charge is -2.21. The normalized spacial score (nSPS) is 15.1.